The Labute approximate surface area is 140 Å². The lowest BCUT2D eigenvalue weighted by molar-refractivity contribution is -0.123. The van der Waals surface area contributed by atoms with Crippen molar-refractivity contribution in [2.24, 2.45) is 0 Å². The van der Waals surface area contributed by atoms with Crippen LogP contribution in [0.1, 0.15) is 17.8 Å². The lowest BCUT2D eigenvalue weighted by Gasteiger charge is -2.23. The Kier molecular flexibility index (Phi) is 4.48. The van der Waals surface area contributed by atoms with Gasteiger partial charge >= 0.3 is 0 Å². The van der Waals surface area contributed by atoms with E-state index in [0.717, 1.165) is 11.4 Å². The lowest BCUT2D eigenvalue weighted by Crippen LogP contribution is -2.46. The average molecular weight is 330 g/mol. The van der Waals surface area contributed by atoms with Crippen molar-refractivity contribution in [2.75, 3.05) is 24.5 Å². The van der Waals surface area contributed by atoms with E-state index in [0.29, 0.717) is 25.5 Å². The molecule has 1 amide bonds. The van der Waals surface area contributed by atoms with Crippen molar-refractivity contribution in [3.63, 3.8) is 0 Å². The maximum atomic E-state index is 12.1. The molecule has 0 aliphatic carbocycles. The molecule has 0 bridgehead atoms. The molecule has 1 unspecified atom stereocenters. The second-order valence-corrected chi connectivity index (χ2v) is 6.31. The van der Waals surface area contributed by atoms with Crippen molar-refractivity contribution < 1.29 is 9.90 Å². The molecule has 1 fully saturated rings. The molecule has 2 aromatic rings. The van der Waals surface area contributed by atoms with Crippen molar-refractivity contribution in [3.8, 4) is 0 Å². The zero-order chi connectivity index (χ0) is 17.2. The number of hydrogen-bond donors (Lipinski definition) is 2. The fourth-order valence-electron chi connectivity index (χ4n) is 2.92. The van der Waals surface area contributed by atoms with Gasteiger partial charge in [-0.2, -0.15) is 5.10 Å². The molecule has 24 heavy (non-hydrogen) atoms. The van der Waals surface area contributed by atoms with E-state index in [2.05, 4.69) is 20.4 Å². The zero-order valence-electron chi connectivity index (χ0n) is 13.9. The van der Waals surface area contributed by atoms with Gasteiger partial charge in [-0.3, -0.25) is 9.48 Å². The van der Waals surface area contributed by atoms with Gasteiger partial charge in [-0.25, -0.2) is 9.97 Å². The van der Waals surface area contributed by atoms with Crippen LogP contribution in [0.4, 0.5) is 5.95 Å². The highest BCUT2D eigenvalue weighted by molar-refractivity contribution is 5.75. The summed E-state index contributed by atoms with van der Waals surface area (Å²) in [5.41, 5.74) is 0.854. The second-order valence-electron chi connectivity index (χ2n) is 6.31. The highest BCUT2D eigenvalue weighted by atomic mass is 16.3. The summed E-state index contributed by atoms with van der Waals surface area (Å²) in [6, 6.07) is 3.68. The molecule has 3 heterocycles. The molecule has 3 rings (SSSR count). The quantitative estimate of drug-likeness (QED) is 0.804. The van der Waals surface area contributed by atoms with Gasteiger partial charge in [-0.15, -0.1) is 0 Å². The van der Waals surface area contributed by atoms with Crippen molar-refractivity contribution in [2.45, 2.75) is 32.4 Å². The molecule has 8 nitrogen and oxygen atoms in total. The van der Waals surface area contributed by atoms with E-state index in [4.69, 9.17) is 0 Å². The Hall–Kier alpha value is -2.48. The number of nitrogens with zero attached hydrogens (tertiary/aromatic N) is 5. The van der Waals surface area contributed by atoms with E-state index in [-0.39, 0.29) is 19.0 Å². The lowest BCUT2D eigenvalue weighted by atomic mass is 10.0. The van der Waals surface area contributed by atoms with Crippen molar-refractivity contribution in [3.05, 3.63) is 35.9 Å². The third-order valence-corrected chi connectivity index (χ3v) is 4.18. The van der Waals surface area contributed by atoms with Crippen LogP contribution < -0.4 is 10.2 Å². The van der Waals surface area contributed by atoms with Crippen LogP contribution in [0.15, 0.2) is 24.5 Å². The van der Waals surface area contributed by atoms with Crippen molar-refractivity contribution >= 4 is 11.9 Å². The molecule has 0 radical (unpaired) electrons. The van der Waals surface area contributed by atoms with Gasteiger partial charge < -0.3 is 15.3 Å². The number of nitrogens with one attached hydrogen (secondary N) is 1. The first-order valence-corrected chi connectivity index (χ1v) is 7.97. The Bertz CT molecular complexity index is 717. The number of hydrogen-bond acceptors (Lipinski definition) is 6. The average Bonchev–Trinajstić information content (AvgIpc) is 3.10. The van der Waals surface area contributed by atoms with E-state index < -0.39 is 5.60 Å². The maximum Gasteiger partial charge on any atom is 0.241 e. The largest absolute Gasteiger partial charge is 0.386 e. The van der Waals surface area contributed by atoms with Gasteiger partial charge in [0.2, 0.25) is 11.9 Å². The minimum Gasteiger partial charge on any atom is -0.386 e. The Morgan fingerprint density at radius 2 is 2.12 bits per heavy atom. The van der Waals surface area contributed by atoms with Gasteiger partial charge in [0.05, 0.1) is 12.2 Å². The SMILES string of the molecule is Cc1cc(C)n(CC(=O)NCC2(O)CCN(c3ncccn3)C2)n1. The van der Waals surface area contributed by atoms with Crippen LogP contribution in [0.2, 0.25) is 0 Å². The minimum absolute atomic E-state index is 0.154. The van der Waals surface area contributed by atoms with Crippen LogP contribution in [-0.2, 0) is 11.3 Å². The molecule has 0 saturated carbocycles. The van der Waals surface area contributed by atoms with Gasteiger partial charge in [0.15, 0.2) is 0 Å². The fraction of sp³-hybridized carbons (Fsp3) is 0.500. The summed E-state index contributed by atoms with van der Waals surface area (Å²) in [6.07, 6.45) is 3.91. The number of amides is 1. The molecule has 2 aromatic heterocycles. The van der Waals surface area contributed by atoms with Crippen molar-refractivity contribution in [1.82, 2.24) is 25.1 Å². The predicted molar refractivity (Wildman–Crippen MR) is 88.5 cm³/mol. The number of carbonyl (C=O) groups is 1. The standard InChI is InChI=1S/C16H22N6O2/c1-12-8-13(2)22(20-12)9-14(23)19-10-16(24)4-7-21(11-16)15-17-5-3-6-18-15/h3,5-6,8,24H,4,7,9-11H2,1-2H3,(H,19,23). The number of aromatic nitrogens is 4. The topological polar surface area (TPSA) is 96.2 Å². The molecule has 1 aliphatic rings. The van der Waals surface area contributed by atoms with Gasteiger partial charge in [-0.1, -0.05) is 0 Å². The van der Waals surface area contributed by atoms with Crippen molar-refractivity contribution in [1.29, 1.82) is 0 Å². The predicted octanol–water partition coefficient (Wildman–Crippen LogP) is 0.0475. The summed E-state index contributed by atoms with van der Waals surface area (Å²) in [4.78, 5) is 22.4. The van der Waals surface area contributed by atoms with E-state index in [1.165, 1.54) is 0 Å². The fourth-order valence-corrected chi connectivity index (χ4v) is 2.92. The first-order chi connectivity index (χ1) is 11.5. The van der Waals surface area contributed by atoms with E-state index in [1.54, 1.807) is 23.1 Å². The summed E-state index contributed by atoms with van der Waals surface area (Å²) >= 11 is 0. The minimum atomic E-state index is -0.968. The first-order valence-electron chi connectivity index (χ1n) is 7.97. The summed E-state index contributed by atoms with van der Waals surface area (Å²) in [5.74, 6) is 0.437. The second kappa shape index (κ2) is 6.56. The normalized spacial score (nSPS) is 20.4. The van der Waals surface area contributed by atoms with Gasteiger partial charge in [0, 0.05) is 31.2 Å². The first kappa shape index (κ1) is 16.4. The molecule has 128 valence electrons. The number of anilines is 1. The molecule has 8 heteroatoms. The number of β-amino-alcohol motifs (C(OH)–C–C–N with tert-alkyl or cyclic N) is 1. The van der Waals surface area contributed by atoms with E-state index >= 15 is 0 Å². The Morgan fingerprint density at radius 1 is 1.38 bits per heavy atom. The zero-order valence-corrected chi connectivity index (χ0v) is 13.9. The summed E-state index contributed by atoms with van der Waals surface area (Å²) < 4.78 is 1.66. The number of rotatable bonds is 5. The molecule has 1 aliphatic heterocycles. The maximum absolute atomic E-state index is 12.1. The number of carbonyl (C=O) groups excluding carboxylic acids is 1. The van der Waals surface area contributed by atoms with Crippen LogP contribution in [-0.4, -0.2) is 56.0 Å². The molecular formula is C16H22N6O2. The van der Waals surface area contributed by atoms with Gasteiger partial charge in [-0.05, 0) is 32.4 Å². The highest BCUT2D eigenvalue weighted by Gasteiger charge is 2.37. The number of aliphatic hydroxyl groups is 1. The van der Waals surface area contributed by atoms with Gasteiger partial charge in [0.25, 0.3) is 0 Å². The Balaban J connectivity index is 1.53. The highest BCUT2D eigenvalue weighted by Crippen LogP contribution is 2.23. The smallest absolute Gasteiger partial charge is 0.241 e. The van der Waals surface area contributed by atoms with Crippen LogP contribution >= 0.6 is 0 Å². The van der Waals surface area contributed by atoms with E-state index in [9.17, 15) is 9.90 Å². The molecule has 0 aromatic carbocycles. The molecule has 2 N–H and O–H groups in total. The summed E-state index contributed by atoms with van der Waals surface area (Å²) in [5, 5.41) is 17.7. The van der Waals surface area contributed by atoms with Gasteiger partial charge in [0.1, 0.15) is 12.1 Å². The number of aryl methyl sites for hydroxylation is 2. The third-order valence-electron chi connectivity index (χ3n) is 4.18. The third kappa shape index (κ3) is 3.70. The monoisotopic (exact) mass is 330 g/mol. The van der Waals surface area contributed by atoms with Crippen LogP contribution in [0, 0.1) is 13.8 Å². The molecule has 0 spiro atoms. The summed E-state index contributed by atoms with van der Waals surface area (Å²) in [6.45, 7) is 5.22. The molecule has 1 saturated heterocycles. The van der Waals surface area contributed by atoms with Crippen LogP contribution in [0.3, 0.4) is 0 Å². The molecular weight excluding hydrogens is 308 g/mol. The van der Waals surface area contributed by atoms with Crippen LogP contribution in [0.5, 0.6) is 0 Å². The van der Waals surface area contributed by atoms with Crippen LogP contribution in [0.25, 0.3) is 0 Å². The Morgan fingerprint density at radius 3 is 2.79 bits per heavy atom. The van der Waals surface area contributed by atoms with E-state index in [1.807, 2.05) is 24.8 Å². The molecule has 1 atom stereocenters. The summed E-state index contributed by atoms with van der Waals surface area (Å²) in [7, 11) is 0.